The van der Waals surface area contributed by atoms with Crippen LogP contribution in [-0.4, -0.2) is 20.6 Å². The fourth-order valence-electron chi connectivity index (χ4n) is 3.30. The molecule has 0 saturated heterocycles. The summed E-state index contributed by atoms with van der Waals surface area (Å²) in [6.45, 7) is 3.87. The van der Waals surface area contributed by atoms with E-state index in [1.54, 1.807) is 36.5 Å². The van der Waals surface area contributed by atoms with Gasteiger partial charge in [-0.1, -0.05) is 23.7 Å². The molecule has 0 atom stereocenters. The number of rotatable bonds is 8. The summed E-state index contributed by atoms with van der Waals surface area (Å²) in [4.78, 5) is 23.6. The average Bonchev–Trinajstić information content (AvgIpc) is 3.27. The molecule has 0 spiro atoms. The minimum Gasteiger partial charge on any atom is -0.471 e. The van der Waals surface area contributed by atoms with Crippen molar-refractivity contribution in [3.8, 4) is 17.2 Å². The van der Waals surface area contributed by atoms with Gasteiger partial charge in [0.05, 0.1) is 16.7 Å². The maximum atomic E-state index is 12.7. The van der Waals surface area contributed by atoms with E-state index in [1.165, 1.54) is 28.9 Å². The molecule has 0 aliphatic carbocycles. The highest BCUT2D eigenvalue weighted by molar-refractivity contribution is 6.30. The minimum atomic E-state index is -0.552. The van der Waals surface area contributed by atoms with E-state index in [0.29, 0.717) is 16.5 Å². The third-order valence-electron chi connectivity index (χ3n) is 4.95. The van der Waals surface area contributed by atoms with Crippen LogP contribution in [0.5, 0.6) is 17.2 Å². The summed E-state index contributed by atoms with van der Waals surface area (Å²) in [5.74, 6) is 0.858. The van der Waals surface area contributed by atoms with Gasteiger partial charge in [-0.3, -0.25) is 14.9 Å². The van der Waals surface area contributed by atoms with Gasteiger partial charge in [-0.05, 0) is 61.4 Å². The number of nitrogens with zero attached hydrogens (tertiary/aromatic N) is 3. The first-order chi connectivity index (χ1) is 16.8. The van der Waals surface area contributed by atoms with Gasteiger partial charge in [0, 0.05) is 23.4 Å². The van der Waals surface area contributed by atoms with Crippen molar-refractivity contribution in [3.63, 3.8) is 0 Å². The lowest BCUT2D eigenvalue weighted by Gasteiger charge is -2.10. The van der Waals surface area contributed by atoms with Crippen LogP contribution in [0.15, 0.2) is 72.9 Å². The third kappa shape index (κ3) is 6.15. The van der Waals surface area contributed by atoms with Crippen molar-refractivity contribution in [1.29, 1.82) is 0 Å². The zero-order valence-electron chi connectivity index (χ0n) is 18.9. The van der Waals surface area contributed by atoms with Crippen LogP contribution in [0, 0.1) is 24.0 Å². The van der Waals surface area contributed by atoms with Crippen LogP contribution in [0.1, 0.15) is 21.6 Å². The average molecular weight is 493 g/mol. The van der Waals surface area contributed by atoms with Crippen LogP contribution >= 0.6 is 11.6 Å². The molecule has 1 N–H and O–H groups in total. The fourth-order valence-corrected chi connectivity index (χ4v) is 3.52. The zero-order chi connectivity index (χ0) is 24.9. The van der Waals surface area contributed by atoms with Crippen LogP contribution in [0.3, 0.4) is 0 Å². The Morgan fingerprint density at radius 3 is 2.66 bits per heavy atom. The van der Waals surface area contributed by atoms with Crippen LogP contribution in [0.25, 0.3) is 0 Å². The van der Waals surface area contributed by atoms with Gasteiger partial charge in [0.25, 0.3) is 11.6 Å². The number of aryl methyl sites for hydroxylation is 2. The number of ether oxygens (including phenoxy) is 2. The van der Waals surface area contributed by atoms with E-state index in [2.05, 4.69) is 10.4 Å². The van der Waals surface area contributed by atoms with Crippen LogP contribution in [-0.2, 0) is 6.73 Å². The van der Waals surface area contributed by atoms with Crippen molar-refractivity contribution in [3.05, 3.63) is 105 Å². The van der Waals surface area contributed by atoms with Crippen molar-refractivity contribution >= 4 is 28.9 Å². The maximum Gasteiger partial charge on any atom is 0.276 e. The Kier molecular flexibility index (Phi) is 6.98. The zero-order valence-corrected chi connectivity index (χ0v) is 19.7. The largest absolute Gasteiger partial charge is 0.471 e. The van der Waals surface area contributed by atoms with Gasteiger partial charge in [0.2, 0.25) is 0 Å². The van der Waals surface area contributed by atoms with Gasteiger partial charge < -0.3 is 14.8 Å². The summed E-state index contributed by atoms with van der Waals surface area (Å²) >= 11 is 5.96. The van der Waals surface area contributed by atoms with E-state index >= 15 is 0 Å². The predicted molar refractivity (Wildman–Crippen MR) is 131 cm³/mol. The van der Waals surface area contributed by atoms with E-state index in [4.69, 9.17) is 21.1 Å². The molecule has 0 saturated carbocycles. The lowest BCUT2D eigenvalue weighted by Crippen LogP contribution is -2.14. The molecule has 0 fully saturated rings. The molecule has 178 valence electrons. The fraction of sp³-hybridized carbons (Fsp3) is 0.120. The molecule has 0 bridgehead atoms. The second kappa shape index (κ2) is 10.3. The number of anilines is 1. The van der Waals surface area contributed by atoms with Crippen LogP contribution in [0.2, 0.25) is 5.02 Å². The Bertz CT molecular complexity index is 1400. The van der Waals surface area contributed by atoms with E-state index in [-0.39, 0.29) is 29.5 Å². The van der Waals surface area contributed by atoms with Gasteiger partial charge in [-0.15, -0.1) is 0 Å². The molecule has 35 heavy (non-hydrogen) atoms. The third-order valence-corrected chi connectivity index (χ3v) is 5.18. The number of carbonyl (C=O) groups is 1. The molecule has 3 aromatic carbocycles. The second-order valence-electron chi connectivity index (χ2n) is 7.77. The van der Waals surface area contributed by atoms with Gasteiger partial charge in [0.15, 0.2) is 12.4 Å². The molecule has 0 aliphatic rings. The number of nitrogens with one attached hydrogen (secondary N) is 1. The highest BCUT2D eigenvalue weighted by Crippen LogP contribution is 2.30. The molecular weight excluding hydrogens is 472 g/mol. The SMILES string of the molecule is Cc1cccc(Oc2cc(NC(=O)c3ccn(COc4ccc(Cl)cc4C)n3)cc([N+](=O)[O-])c2)c1. The maximum absolute atomic E-state index is 12.7. The molecular formula is C25H21ClN4O5. The lowest BCUT2D eigenvalue weighted by atomic mass is 10.2. The molecule has 4 aromatic rings. The van der Waals surface area contributed by atoms with E-state index in [0.717, 1.165) is 11.1 Å². The van der Waals surface area contributed by atoms with E-state index in [1.807, 2.05) is 26.0 Å². The molecule has 4 rings (SSSR count). The number of halogens is 1. The van der Waals surface area contributed by atoms with Crippen LogP contribution in [0.4, 0.5) is 11.4 Å². The molecule has 0 unspecified atom stereocenters. The first-order valence-electron chi connectivity index (χ1n) is 10.5. The standard InChI is InChI=1S/C25H21ClN4O5/c1-16-4-3-5-21(10-16)35-22-13-19(12-20(14-22)30(32)33)27-25(31)23-8-9-29(28-23)15-34-24-7-6-18(26)11-17(24)2/h3-14H,15H2,1-2H3,(H,27,31). The van der Waals surface area contributed by atoms with Crippen LogP contribution < -0.4 is 14.8 Å². The normalized spacial score (nSPS) is 10.6. The van der Waals surface area contributed by atoms with E-state index < -0.39 is 10.8 Å². The summed E-state index contributed by atoms with van der Waals surface area (Å²) in [6.07, 6.45) is 1.60. The molecule has 0 aliphatic heterocycles. The highest BCUT2D eigenvalue weighted by atomic mass is 35.5. The summed E-state index contributed by atoms with van der Waals surface area (Å²) in [5, 5.41) is 18.9. The Labute approximate surface area is 206 Å². The van der Waals surface area contributed by atoms with E-state index in [9.17, 15) is 14.9 Å². The van der Waals surface area contributed by atoms with Crippen molar-refractivity contribution < 1.29 is 19.2 Å². The smallest absolute Gasteiger partial charge is 0.276 e. The number of nitro benzene ring substituents is 1. The number of hydrogen-bond donors (Lipinski definition) is 1. The number of hydrogen-bond acceptors (Lipinski definition) is 6. The van der Waals surface area contributed by atoms with Crippen molar-refractivity contribution in [2.75, 3.05) is 5.32 Å². The van der Waals surface area contributed by atoms with Crippen molar-refractivity contribution in [2.24, 2.45) is 0 Å². The summed E-state index contributed by atoms with van der Waals surface area (Å²) < 4.78 is 13.0. The van der Waals surface area contributed by atoms with Gasteiger partial charge in [-0.2, -0.15) is 5.10 Å². The molecule has 9 nitrogen and oxygen atoms in total. The number of nitro groups is 1. The molecule has 1 aromatic heterocycles. The second-order valence-corrected chi connectivity index (χ2v) is 8.21. The molecule has 10 heteroatoms. The number of aromatic nitrogens is 2. The lowest BCUT2D eigenvalue weighted by molar-refractivity contribution is -0.384. The predicted octanol–water partition coefficient (Wildman–Crippen LogP) is 6.14. The topological polar surface area (TPSA) is 109 Å². The first kappa shape index (κ1) is 23.8. The minimum absolute atomic E-state index is 0.0844. The van der Waals surface area contributed by atoms with Crippen molar-refractivity contribution in [1.82, 2.24) is 9.78 Å². The number of amides is 1. The van der Waals surface area contributed by atoms with Crippen molar-refractivity contribution in [2.45, 2.75) is 20.6 Å². The Morgan fingerprint density at radius 1 is 1.09 bits per heavy atom. The quantitative estimate of drug-likeness (QED) is 0.233. The Balaban J connectivity index is 1.46. The Morgan fingerprint density at radius 2 is 1.91 bits per heavy atom. The summed E-state index contributed by atoms with van der Waals surface area (Å²) in [5.41, 5.74) is 1.95. The van der Waals surface area contributed by atoms with Gasteiger partial charge in [-0.25, -0.2) is 4.68 Å². The summed E-state index contributed by atoms with van der Waals surface area (Å²) in [7, 11) is 0. The summed E-state index contributed by atoms with van der Waals surface area (Å²) in [6, 6.07) is 18.1. The molecule has 1 heterocycles. The highest BCUT2D eigenvalue weighted by Gasteiger charge is 2.16. The monoisotopic (exact) mass is 492 g/mol. The van der Waals surface area contributed by atoms with Gasteiger partial charge in [0.1, 0.15) is 17.2 Å². The molecule has 1 amide bonds. The number of carbonyl (C=O) groups excluding carboxylic acids is 1. The molecule has 0 radical (unpaired) electrons. The Hall–Kier alpha value is -4.37. The first-order valence-corrected chi connectivity index (χ1v) is 10.9. The van der Waals surface area contributed by atoms with Gasteiger partial charge >= 0.3 is 0 Å². The number of benzene rings is 3. The number of non-ortho nitro benzene ring substituents is 1.